The smallest absolute Gasteiger partial charge is 0.191 e. The Bertz CT molecular complexity index is 473. The quantitative estimate of drug-likeness (QED) is 0.434. The topological polar surface area (TPSA) is 54.9 Å². The van der Waals surface area contributed by atoms with Crippen LogP contribution in [0.2, 0.25) is 0 Å². The molecular weight excluding hydrogens is 310 g/mol. The largest absolute Gasteiger partial charge is 0.497 e. The molecule has 1 atom stereocenters. The van der Waals surface area contributed by atoms with Crippen LogP contribution in [0.5, 0.6) is 11.5 Å². The molecule has 0 aromatic heterocycles. The van der Waals surface area contributed by atoms with Crippen molar-refractivity contribution in [1.29, 1.82) is 0 Å². The van der Waals surface area contributed by atoms with Crippen molar-refractivity contribution in [2.45, 2.75) is 25.0 Å². The summed E-state index contributed by atoms with van der Waals surface area (Å²) in [5.41, 5.74) is 0. The molecule has 0 saturated carbocycles. The SMILES string of the molecule is CCNC(=NCC1CCCS1)NCCOc1ccc(OC)cc1. The van der Waals surface area contributed by atoms with Crippen molar-refractivity contribution in [1.82, 2.24) is 10.6 Å². The number of ether oxygens (including phenoxy) is 2. The van der Waals surface area contributed by atoms with Crippen LogP contribution in [-0.4, -0.2) is 50.3 Å². The summed E-state index contributed by atoms with van der Waals surface area (Å²) in [6.07, 6.45) is 2.61. The molecule has 2 rings (SSSR count). The predicted molar refractivity (Wildman–Crippen MR) is 98.0 cm³/mol. The molecule has 1 fully saturated rings. The first-order chi connectivity index (χ1) is 11.3. The average Bonchev–Trinajstić information content (AvgIpc) is 3.10. The van der Waals surface area contributed by atoms with Crippen LogP contribution in [0.25, 0.3) is 0 Å². The molecule has 1 aromatic carbocycles. The van der Waals surface area contributed by atoms with E-state index in [0.29, 0.717) is 11.9 Å². The molecular formula is C17H27N3O2S. The lowest BCUT2D eigenvalue weighted by atomic mass is 10.2. The summed E-state index contributed by atoms with van der Waals surface area (Å²) in [5.74, 6) is 3.83. The first-order valence-corrected chi connectivity index (χ1v) is 9.27. The number of thioether (sulfide) groups is 1. The van der Waals surface area contributed by atoms with Crippen LogP contribution >= 0.6 is 11.8 Å². The summed E-state index contributed by atoms with van der Waals surface area (Å²) in [4.78, 5) is 4.66. The minimum atomic E-state index is 0.592. The Balaban J connectivity index is 1.69. The number of aliphatic imine (C=N–C) groups is 1. The fourth-order valence-corrected chi connectivity index (χ4v) is 3.51. The normalized spacial score (nSPS) is 17.8. The van der Waals surface area contributed by atoms with Crippen molar-refractivity contribution >= 4 is 17.7 Å². The van der Waals surface area contributed by atoms with Crippen LogP contribution in [0.1, 0.15) is 19.8 Å². The van der Waals surface area contributed by atoms with Crippen molar-refractivity contribution in [3.8, 4) is 11.5 Å². The summed E-state index contributed by atoms with van der Waals surface area (Å²) >= 11 is 2.03. The van der Waals surface area contributed by atoms with Crippen molar-refractivity contribution in [2.75, 3.05) is 39.1 Å². The third kappa shape index (κ3) is 6.60. The van der Waals surface area contributed by atoms with Gasteiger partial charge in [0.15, 0.2) is 5.96 Å². The van der Waals surface area contributed by atoms with Gasteiger partial charge in [-0.15, -0.1) is 0 Å². The molecule has 1 aliphatic heterocycles. The van der Waals surface area contributed by atoms with E-state index in [0.717, 1.165) is 37.1 Å². The van der Waals surface area contributed by atoms with Crippen molar-refractivity contribution in [2.24, 2.45) is 4.99 Å². The average molecular weight is 337 g/mol. The minimum Gasteiger partial charge on any atom is -0.497 e. The highest BCUT2D eigenvalue weighted by Crippen LogP contribution is 2.25. The molecule has 0 amide bonds. The van der Waals surface area contributed by atoms with Crippen LogP contribution in [0.15, 0.2) is 29.3 Å². The monoisotopic (exact) mass is 337 g/mol. The van der Waals surface area contributed by atoms with Gasteiger partial charge >= 0.3 is 0 Å². The fraction of sp³-hybridized carbons (Fsp3) is 0.588. The third-order valence-corrected chi connectivity index (χ3v) is 4.92. The van der Waals surface area contributed by atoms with Crippen LogP contribution in [0.3, 0.4) is 0 Å². The Kier molecular flexibility index (Phi) is 7.93. The molecule has 0 bridgehead atoms. The number of benzene rings is 1. The van der Waals surface area contributed by atoms with Gasteiger partial charge in [-0.1, -0.05) is 0 Å². The number of nitrogens with zero attached hydrogens (tertiary/aromatic N) is 1. The van der Waals surface area contributed by atoms with E-state index < -0.39 is 0 Å². The summed E-state index contributed by atoms with van der Waals surface area (Å²) in [7, 11) is 1.66. The first-order valence-electron chi connectivity index (χ1n) is 8.22. The molecule has 0 radical (unpaired) electrons. The second-order valence-electron chi connectivity index (χ2n) is 5.31. The zero-order valence-electron chi connectivity index (χ0n) is 14.0. The molecule has 2 N–H and O–H groups in total. The standard InChI is InChI=1S/C17H27N3O2S/c1-3-18-17(20-13-16-5-4-12-23-16)19-10-11-22-15-8-6-14(21-2)7-9-15/h6-9,16H,3-5,10-13H2,1-2H3,(H2,18,19,20). The number of methoxy groups -OCH3 is 1. The van der Waals surface area contributed by atoms with Crippen molar-refractivity contribution in [3.63, 3.8) is 0 Å². The highest BCUT2D eigenvalue weighted by atomic mass is 32.2. The van der Waals surface area contributed by atoms with Gasteiger partial charge in [-0.05, 0) is 49.8 Å². The maximum Gasteiger partial charge on any atom is 0.191 e. The van der Waals surface area contributed by atoms with Crippen LogP contribution in [0, 0.1) is 0 Å². The number of hydrogen-bond acceptors (Lipinski definition) is 4. The Labute approximate surface area is 143 Å². The number of nitrogens with one attached hydrogen (secondary N) is 2. The lowest BCUT2D eigenvalue weighted by Crippen LogP contribution is -2.39. The van der Waals surface area contributed by atoms with Crippen LogP contribution in [-0.2, 0) is 0 Å². The van der Waals surface area contributed by atoms with E-state index >= 15 is 0 Å². The lowest BCUT2D eigenvalue weighted by molar-refractivity contribution is 0.321. The van der Waals surface area contributed by atoms with E-state index in [1.807, 2.05) is 36.0 Å². The second-order valence-corrected chi connectivity index (χ2v) is 6.71. The van der Waals surface area contributed by atoms with Gasteiger partial charge in [-0.25, -0.2) is 0 Å². The highest BCUT2D eigenvalue weighted by molar-refractivity contribution is 8.00. The van der Waals surface area contributed by atoms with E-state index in [4.69, 9.17) is 9.47 Å². The summed E-state index contributed by atoms with van der Waals surface area (Å²) in [6.45, 7) is 5.14. The third-order valence-electron chi connectivity index (χ3n) is 3.54. The van der Waals surface area contributed by atoms with E-state index in [2.05, 4.69) is 22.5 Å². The van der Waals surface area contributed by atoms with E-state index in [1.165, 1.54) is 18.6 Å². The molecule has 0 spiro atoms. The zero-order valence-corrected chi connectivity index (χ0v) is 14.8. The Morgan fingerprint density at radius 1 is 1.26 bits per heavy atom. The first kappa shape index (κ1) is 17.8. The number of hydrogen-bond donors (Lipinski definition) is 2. The van der Waals surface area contributed by atoms with E-state index in [9.17, 15) is 0 Å². The second kappa shape index (κ2) is 10.3. The van der Waals surface area contributed by atoms with Gasteiger partial charge < -0.3 is 20.1 Å². The molecule has 1 aliphatic rings. The van der Waals surface area contributed by atoms with Crippen molar-refractivity contribution < 1.29 is 9.47 Å². The molecule has 0 aliphatic carbocycles. The maximum absolute atomic E-state index is 5.71. The molecule has 5 nitrogen and oxygen atoms in total. The van der Waals surface area contributed by atoms with E-state index in [1.54, 1.807) is 7.11 Å². The van der Waals surface area contributed by atoms with Gasteiger partial charge in [0.1, 0.15) is 18.1 Å². The lowest BCUT2D eigenvalue weighted by Gasteiger charge is -2.13. The molecule has 23 heavy (non-hydrogen) atoms. The van der Waals surface area contributed by atoms with Gasteiger partial charge in [0, 0.05) is 11.8 Å². The minimum absolute atomic E-state index is 0.592. The molecule has 1 saturated heterocycles. The Morgan fingerprint density at radius 2 is 2.04 bits per heavy atom. The van der Waals surface area contributed by atoms with Crippen molar-refractivity contribution in [3.05, 3.63) is 24.3 Å². The number of rotatable bonds is 8. The van der Waals surface area contributed by atoms with Gasteiger partial charge in [0.05, 0.1) is 20.2 Å². The summed E-state index contributed by atoms with van der Waals surface area (Å²) in [5, 5.41) is 7.28. The molecule has 6 heteroatoms. The summed E-state index contributed by atoms with van der Waals surface area (Å²) in [6, 6.07) is 7.62. The Morgan fingerprint density at radius 3 is 2.70 bits per heavy atom. The van der Waals surface area contributed by atoms with Gasteiger partial charge in [-0.2, -0.15) is 11.8 Å². The molecule has 1 heterocycles. The van der Waals surface area contributed by atoms with Gasteiger partial charge in [0.25, 0.3) is 0 Å². The van der Waals surface area contributed by atoms with Crippen LogP contribution in [0.4, 0.5) is 0 Å². The maximum atomic E-state index is 5.71. The zero-order chi connectivity index (χ0) is 16.3. The van der Waals surface area contributed by atoms with Crippen LogP contribution < -0.4 is 20.1 Å². The van der Waals surface area contributed by atoms with Gasteiger partial charge in [-0.3, -0.25) is 4.99 Å². The number of guanidine groups is 1. The molecule has 128 valence electrons. The van der Waals surface area contributed by atoms with Gasteiger partial charge in [0.2, 0.25) is 0 Å². The highest BCUT2D eigenvalue weighted by Gasteiger charge is 2.14. The molecule has 1 aromatic rings. The summed E-state index contributed by atoms with van der Waals surface area (Å²) < 4.78 is 10.8. The Hall–Kier alpha value is -1.56. The molecule has 1 unspecified atom stereocenters. The predicted octanol–water partition coefficient (Wildman–Crippen LogP) is 2.52. The van der Waals surface area contributed by atoms with E-state index in [-0.39, 0.29) is 0 Å². The fourth-order valence-electron chi connectivity index (χ4n) is 2.33.